The van der Waals surface area contributed by atoms with Gasteiger partial charge in [-0.15, -0.1) is 0 Å². The predicted molar refractivity (Wildman–Crippen MR) is 89.0 cm³/mol. The Balaban J connectivity index is 1.33. The Morgan fingerprint density at radius 2 is 2.13 bits per heavy atom. The second-order valence-corrected chi connectivity index (χ2v) is 6.75. The highest BCUT2D eigenvalue weighted by Crippen LogP contribution is 2.37. The molecule has 4 rings (SSSR count). The van der Waals surface area contributed by atoms with Crippen LogP contribution >= 0.6 is 0 Å². The van der Waals surface area contributed by atoms with Crippen LogP contribution in [0.4, 0.5) is 0 Å². The first-order valence-corrected chi connectivity index (χ1v) is 8.74. The SMILES string of the molecule is O=C1C(CNCCN2CCOCC2)=CC2=CC=CC3CCN1C23. The highest BCUT2D eigenvalue weighted by molar-refractivity contribution is 5.97. The molecule has 0 aromatic carbocycles. The Morgan fingerprint density at radius 3 is 3.00 bits per heavy atom. The number of hydrogen-bond acceptors (Lipinski definition) is 4. The zero-order valence-corrected chi connectivity index (χ0v) is 13.5. The first-order chi connectivity index (χ1) is 11.3. The summed E-state index contributed by atoms with van der Waals surface area (Å²) in [7, 11) is 0. The molecule has 4 aliphatic rings. The molecule has 2 fully saturated rings. The molecule has 2 saturated heterocycles. The normalized spacial score (nSPS) is 30.3. The summed E-state index contributed by atoms with van der Waals surface area (Å²) < 4.78 is 5.36. The minimum Gasteiger partial charge on any atom is -0.379 e. The number of carbonyl (C=O) groups is 1. The van der Waals surface area contributed by atoms with Gasteiger partial charge in [0, 0.05) is 50.8 Å². The summed E-state index contributed by atoms with van der Waals surface area (Å²) in [6.07, 6.45) is 9.78. The van der Waals surface area contributed by atoms with Crippen molar-refractivity contribution in [3.05, 3.63) is 35.5 Å². The number of ether oxygens (including phenoxy) is 1. The predicted octanol–water partition coefficient (Wildman–Crippen LogP) is 0.562. The van der Waals surface area contributed by atoms with Gasteiger partial charge in [0.25, 0.3) is 5.91 Å². The highest BCUT2D eigenvalue weighted by atomic mass is 16.5. The Morgan fingerprint density at radius 1 is 1.26 bits per heavy atom. The lowest BCUT2D eigenvalue weighted by Gasteiger charge is -2.35. The number of allylic oxidation sites excluding steroid dienone is 2. The van der Waals surface area contributed by atoms with Crippen molar-refractivity contribution in [3.63, 3.8) is 0 Å². The van der Waals surface area contributed by atoms with E-state index in [4.69, 9.17) is 4.74 Å². The lowest BCUT2D eigenvalue weighted by atomic mass is 9.86. The summed E-state index contributed by atoms with van der Waals surface area (Å²) in [5.41, 5.74) is 2.21. The van der Waals surface area contributed by atoms with E-state index < -0.39 is 0 Å². The Labute approximate surface area is 137 Å². The van der Waals surface area contributed by atoms with E-state index in [1.54, 1.807) is 0 Å². The van der Waals surface area contributed by atoms with Crippen LogP contribution in [-0.4, -0.2) is 74.2 Å². The van der Waals surface area contributed by atoms with Crippen molar-refractivity contribution in [1.29, 1.82) is 0 Å². The molecule has 0 radical (unpaired) electrons. The number of morpholine rings is 1. The molecule has 1 N–H and O–H groups in total. The van der Waals surface area contributed by atoms with Gasteiger partial charge in [0.15, 0.2) is 0 Å². The second kappa shape index (κ2) is 6.59. The lowest BCUT2D eigenvalue weighted by Crippen LogP contribution is -2.45. The second-order valence-electron chi connectivity index (χ2n) is 6.75. The Kier molecular flexibility index (Phi) is 4.33. The van der Waals surface area contributed by atoms with E-state index in [-0.39, 0.29) is 5.91 Å². The molecule has 1 amide bonds. The fraction of sp³-hybridized carbons (Fsp3) is 0.611. The smallest absolute Gasteiger partial charge is 0.251 e. The summed E-state index contributed by atoms with van der Waals surface area (Å²) in [5, 5.41) is 3.44. The number of rotatable bonds is 5. The topological polar surface area (TPSA) is 44.8 Å². The highest BCUT2D eigenvalue weighted by Gasteiger charge is 2.41. The van der Waals surface area contributed by atoms with Crippen molar-refractivity contribution in [3.8, 4) is 0 Å². The molecule has 0 spiro atoms. The maximum atomic E-state index is 12.7. The third-order valence-corrected chi connectivity index (χ3v) is 5.33. The van der Waals surface area contributed by atoms with Gasteiger partial charge in [-0.05, 0) is 18.1 Å². The maximum absolute atomic E-state index is 12.7. The van der Waals surface area contributed by atoms with Crippen LogP contribution in [0.25, 0.3) is 0 Å². The molecular weight excluding hydrogens is 290 g/mol. The number of carbonyl (C=O) groups excluding carboxylic acids is 1. The van der Waals surface area contributed by atoms with Gasteiger partial charge < -0.3 is 15.0 Å². The van der Waals surface area contributed by atoms with Crippen molar-refractivity contribution in [2.24, 2.45) is 5.92 Å². The number of amides is 1. The summed E-state index contributed by atoms with van der Waals surface area (Å²) in [4.78, 5) is 17.1. The standard InChI is InChI=1S/C18H25N3O2/c22-18-16(13-19-5-7-20-8-10-23-11-9-20)12-15-3-1-2-14-4-6-21(18)17(14)15/h1-3,12,14,17,19H,4-11,13H2. The number of nitrogens with one attached hydrogen (secondary N) is 1. The molecule has 0 aromatic heterocycles. The quantitative estimate of drug-likeness (QED) is 0.753. The molecule has 0 aromatic rings. The van der Waals surface area contributed by atoms with Crippen molar-refractivity contribution in [2.75, 3.05) is 52.5 Å². The molecule has 1 aliphatic carbocycles. The van der Waals surface area contributed by atoms with Gasteiger partial charge in [0.05, 0.1) is 19.3 Å². The molecule has 2 unspecified atom stereocenters. The van der Waals surface area contributed by atoms with E-state index in [1.807, 2.05) is 0 Å². The molecule has 2 atom stereocenters. The minimum absolute atomic E-state index is 0.226. The molecule has 5 nitrogen and oxygen atoms in total. The van der Waals surface area contributed by atoms with Gasteiger partial charge in [0.1, 0.15) is 0 Å². The summed E-state index contributed by atoms with van der Waals surface area (Å²) in [6.45, 7) is 7.18. The van der Waals surface area contributed by atoms with E-state index in [2.05, 4.69) is 39.4 Å². The van der Waals surface area contributed by atoms with Gasteiger partial charge in [-0.2, -0.15) is 0 Å². The van der Waals surface area contributed by atoms with E-state index in [1.165, 1.54) is 5.57 Å². The molecular formula is C18H25N3O2. The molecule has 124 valence electrons. The van der Waals surface area contributed by atoms with E-state index in [9.17, 15) is 4.79 Å². The summed E-state index contributed by atoms with van der Waals surface area (Å²) >= 11 is 0. The third kappa shape index (κ3) is 3.01. The van der Waals surface area contributed by atoms with E-state index in [0.29, 0.717) is 18.5 Å². The van der Waals surface area contributed by atoms with Crippen LogP contribution < -0.4 is 5.32 Å². The van der Waals surface area contributed by atoms with Crippen LogP contribution in [0.3, 0.4) is 0 Å². The van der Waals surface area contributed by atoms with Gasteiger partial charge in [0.2, 0.25) is 0 Å². The average Bonchev–Trinajstić information content (AvgIpc) is 3.02. The van der Waals surface area contributed by atoms with Crippen LogP contribution in [0.2, 0.25) is 0 Å². The fourth-order valence-corrected chi connectivity index (χ4v) is 4.07. The number of hydrogen-bond donors (Lipinski definition) is 1. The van der Waals surface area contributed by atoms with Gasteiger partial charge in [-0.3, -0.25) is 9.69 Å². The van der Waals surface area contributed by atoms with Crippen LogP contribution in [0.15, 0.2) is 35.5 Å². The molecule has 5 heteroatoms. The van der Waals surface area contributed by atoms with Crippen LogP contribution in [-0.2, 0) is 9.53 Å². The Hall–Kier alpha value is -1.43. The average molecular weight is 315 g/mol. The van der Waals surface area contributed by atoms with Crippen molar-refractivity contribution >= 4 is 5.91 Å². The molecule has 0 saturated carbocycles. The van der Waals surface area contributed by atoms with Crippen LogP contribution in [0.1, 0.15) is 6.42 Å². The van der Waals surface area contributed by atoms with E-state index >= 15 is 0 Å². The van der Waals surface area contributed by atoms with Gasteiger partial charge >= 0.3 is 0 Å². The molecule has 0 bridgehead atoms. The first kappa shape index (κ1) is 15.1. The van der Waals surface area contributed by atoms with Crippen molar-refractivity contribution in [2.45, 2.75) is 12.5 Å². The van der Waals surface area contributed by atoms with Crippen LogP contribution in [0, 0.1) is 5.92 Å². The fourth-order valence-electron chi connectivity index (χ4n) is 4.07. The number of nitrogens with zero attached hydrogens (tertiary/aromatic N) is 2. The first-order valence-electron chi connectivity index (χ1n) is 8.74. The lowest BCUT2D eigenvalue weighted by molar-refractivity contribution is -0.128. The molecule has 3 heterocycles. The summed E-state index contributed by atoms with van der Waals surface area (Å²) in [6, 6.07) is 0.296. The zero-order chi connectivity index (χ0) is 15.6. The van der Waals surface area contributed by atoms with Gasteiger partial charge in [-0.25, -0.2) is 0 Å². The van der Waals surface area contributed by atoms with Crippen LogP contribution in [0.5, 0.6) is 0 Å². The largest absolute Gasteiger partial charge is 0.379 e. The molecule has 23 heavy (non-hydrogen) atoms. The van der Waals surface area contributed by atoms with E-state index in [0.717, 1.165) is 57.9 Å². The minimum atomic E-state index is 0.226. The Bertz CT molecular complexity index is 561. The van der Waals surface area contributed by atoms with Crippen molar-refractivity contribution in [1.82, 2.24) is 15.1 Å². The van der Waals surface area contributed by atoms with Gasteiger partial charge in [-0.1, -0.05) is 18.2 Å². The maximum Gasteiger partial charge on any atom is 0.251 e. The zero-order valence-electron chi connectivity index (χ0n) is 13.5. The summed E-state index contributed by atoms with van der Waals surface area (Å²) in [5.74, 6) is 0.745. The monoisotopic (exact) mass is 315 g/mol. The van der Waals surface area contributed by atoms with Crippen molar-refractivity contribution < 1.29 is 9.53 Å². The third-order valence-electron chi connectivity index (χ3n) is 5.33. The molecule has 3 aliphatic heterocycles.